The van der Waals surface area contributed by atoms with Crippen LogP contribution in [0.1, 0.15) is 16.7 Å². The molecule has 0 aliphatic carbocycles. The lowest BCUT2D eigenvalue weighted by Gasteiger charge is -2.34. The molecule has 0 aromatic heterocycles. The Labute approximate surface area is 228 Å². The molecule has 1 heterocycles. The lowest BCUT2D eigenvalue weighted by molar-refractivity contribution is -0.121. The van der Waals surface area contributed by atoms with Gasteiger partial charge in [-0.25, -0.2) is 14.6 Å². The fourth-order valence-electron chi connectivity index (χ4n) is 4.34. The molecule has 0 spiro atoms. The second-order valence-electron chi connectivity index (χ2n) is 8.63. The van der Waals surface area contributed by atoms with Crippen molar-refractivity contribution in [3.05, 3.63) is 130 Å². The molecule has 1 aliphatic heterocycles. The number of halogens is 1. The monoisotopic (exact) mass is 566 g/mol. The molecule has 1 aliphatic rings. The van der Waals surface area contributed by atoms with Crippen LogP contribution in [0.5, 0.6) is 5.75 Å². The Morgan fingerprint density at radius 3 is 1.82 bits per heavy atom. The van der Waals surface area contributed by atoms with E-state index in [-0.39, 0.29) is 5.57 Å². The molecule has 1 saturated heterocycles. The molecule has 188 valence electrons. The summed E-state index contributed by atoms with van der Waals surface area (Å²) in [5, 5.41) is 0. The summed E-state index contributed by atoms with van der Waals surface area (Å²) < 4.78 is 6.39. The molecule has 0 unspecified atom stereocenters. The second-order valence-corrected chi connectivity index (χ2v) is 9.48. The molecule has 5 rings (SSSR count). The van der Waals surface area contributed by atoms with Gasteiger partial charge in [-0.2, -0.15) is 0 Å². The van der Waals surface area contributed by atoms with Gasteiger partial charge in [-0.15, -0.1) is 0 Å². The molecule has 1 fully saturated rings. The molecule has 4 amide bonds. The third-order valence-corrected chi connectivity index (χ3v) is 7.04. The number of amides is 4. The zero-order chi connectivity index (χ0) is 26.6. The van der Waals surface area contributed by atoms with E-state index < -0.39 is 17.8 Å². The Morgan fingerprint density at radius 1 is 0.711 bits per heavy atom. The maximum Gasteiger partial charge on any atom is 0.343 e. The molecule has 0 bridgehead atoms. The summed E-state index contributed by atoms with van der Waals surface area (Å²) in [7, 11) is 1.59. The number of para-hydroxylation sites is 2. The van der Waals surface area contributed by atoms with E-state index in [0.717, 1.165) is 25.4 Å². The van der Waals surface area contributed by atoms with Crippen LogP contribution in [0.4, 0.5) is 16.2 Å². The third kappa shape index (κ3) is 4.88. The molecular formula is C31H23BrN2O4. The third-order valence-electron chi connectivity index (χ3n) is 6.27. The van der Waals surface area contributed by atoms with Crippen LogP contribution in [-0.4, -0.2) is 25.0 Å². The predicted octanol–water partition coefficient (Wildman–Crippen LogP) is 6.63. The van der Waals surface area contributed by atoms with Crippen molar-refractivity contribution in [2.75, 3.05) is 16.9 Å². The number of nitrogens with zero attached hydrogens (tertiary/aromatic N) is 2. The summed E-state index contributed by atoms with van der Waals surface area (Å²) >= 11 is 3.60. The zero-order valence-electron chi connectivity index (χ0n) is 20.5. The van der Waals surface area contributed by atoms with Gasteiger partial charge in [-0.05, 0) is 71.7 Å². The van der Waals surface area contributed by atoms with Crippen LogP contribution < -0.4 is 14.5 Å². The van der Waals surface area contributed by atoms with Gasteiger partial charge in [0.25, 0.3) is 11.8 Å². The van der Waals surface area contributed by atoms with E-state index in [9.17, 15) is 14.4 Å². The number of hydrogen-bond acceptors (Lipinski definition) is 4. The average molecular weight is 567 g/mol. The molecule has 4 aromatic rings. The lowest BCUT2D eigenvalue weighted by Crippen LogP contribution is -2.57. The van der Waals surface area contributed by atoms with Crippen molar-refractivity contribution < 1.29 is 19.1 Å². The fraction of sp³-hybridized carbons (Fsp3) is 0.0645. The van der Waals surface area contributed by atoms with Crippen LogP contribution in [0.3, 0.4) is 0 Å². The Kier molecular flexibility index (Phi) is 7.20. The molecule has 0 saturated carbocycles. The maximum atomic E-state index is 13.7. The first kappa shape index (κ1) is 25.2. The number of methoxy groups -OCH3 is 1. The molecule has 6 nitrogen and oxygen atoms in total. The Hall–Kier alpha value is -4.49. The molecular weight excluding hydrogens is 544 g/mol. The van der Waals surface area contributed by atoms with Crippen molar-refractivity contribution in [1.82, 2.24) is 0 Å². The zero-order valence-corrected chi connectivity index (χ0v) is 22.1. The minimum atomic E-state index is -0.724. The highest BCUT2D eigenvalue weighted by atomic mass is 79.9. The first-order chi connectivity index (χ1) is 18.5. The summed E-state index contributed by atoms with van der Waals surface area (Å²) in [4.78, 5) is 43.1. The van der Waals surface area contributed by atoms with Gasteiger partial charge in [0.15, 0.2) is 0 Å². The highest BCUT2D eigenvalue weighted by Crippen LogP contribution is 2.31. The first-order valence-electron chi connectivity index (χ1n) is 11.9. The largest absolute Gasteiger partial charge is 0.497 e. The van der Waals surface area contributed by atoms with Crippen LogP contribution in [-0.2, 0) is 16.0 Å². The summed E-state index contributed by atoms with van der Waals surface area (Å²) in [5.41, 5.74) is 3.21. The van der Waals surface area contributed by atoms with E-state index in [4.69, 9.17) is 4.74 Å². The number of ether oxygens (including phenoxy) is 1. The highest BCUT2D eigenvalue weighted by Gasteiger charge is 2.43. The molecule has 0 atom stereocenters. The van der Waals surface area contributed by atoms with E-state index in [1.165, 1.54) is 0 Å². The number of carbonyl (C=O) groups is 3. The fourth-order valence-corrected chi connectivity index (χ4v) is 4.77. The Morgan fingerprint density at radius 2 is 1.26 bits per heavy atom. The van der Waals surface area contributed by atoms with E-state index >= 15 is 0 Å². The summed E-state index contributed by atoms with van der Waals surface area (Å²) in [6, 6.07) is 29.8. The Balaban J connectivity index is 1.65. The summed E-state index contributed by atoms with van der Waals surface area (Å²) in [6.07, 6.45) is 2.10. The molecule has 7 heteroatoms. The number of imide groups is 2. The van der Waals surface area contributed by atoms with Crippen molar-refractivity contribution in [2.24, 2.45) is 0 Å². The number of anilines is 2. The molecule has 0 N–H and O–H groups in total. The highest BCUT2D eigenvalue weighted by molar-refractivity contribution is 9.10. The van der Waals surface area contributed by atoms with E-state index in [1.807, 2.05) is 36.4 Å². The van der Waals surface area contributed by atoms with Crippen molar-refractivity contribution in [2.45, 2.75) is 6.42 Å². The minimum Gasteiger partial charge on any atom is -0.497 e. The summed E-state index contributed by atoms with van der Waals surface area (Å²) in [6.45, 7) is 0. The maximum absolute atomic E-state index is 13.7. The van der Waals surface area contributed by atoms with Crippen molar-refractivity contribution in [3.63, 3.8) is 0 Å². The number of barbiturate groups is 1. The van der Waals surface area contributed by atoms with Gasteiger partial charge in [0.1, 0.15) is 11.3 Å². The lowest BCUT2D eigenvalue weighted by atomic mass is 9.96. The van der Waals surface area contributed by atoms with E-state index in [2.05, 4.69) is 15.9 Å². The number of rotatable bonds is 6. The number of benzene rings is 4. The first-order valence-corrected chi connectivity index (χ1v) is 12.7. The number of urea groups is 1. The van der Waals surface area contributed by atoms with Crippen LogP contribution in [0, 0.1) is 0 Å². The molecule has 38 heavy (non-hydrogen) atoms. The van der Waals surface area contributed by atoms with Gasteiger partial charge in [-0.1, -0.05) is 76.6 Å². The molecule has 4 aromatic carbocycles. The van der Waals surface area contributed by atoms with Gasteiger partial charge < -0.3 is 4.74 Å². The van der Waals surface area contributed by atoms with Crippen molar-refractivity contribution in [1.29, 1.82) is 0 Å². The van der Waals surface area contributed by atoms with Crippen LogP contribution in [0.2, 0.25) is 0 Å². The standard InChI is InChI=1S/C31H23BrN2O4/c1-38-26-17-16-21(23(19-26)18-22-10-8-9-15-28(22)32)20-27-29(35)33(24-11-4-2-5-12-24)31(37)34(30(27)36)25-13-6-3-7-14-25/h2-17,19-20H,18H2,1H3. The topological polar surface area (TPSA) is 66.9 Å². The number of hydrogen-bond donors (Lipinski definition) is 0. The van der Waals surface area contributed by atoms with Gasteiger partial charge in [0.05, 0.1) is 18.5 Å². The van der Waals surface area contributed by atoms with Crippen LogP contribution >= 0.6 is 15.9 Å². The number of carbonyl (C=O) groups excluding carboxylic acids is 3. The second kappa shape index (κ2) is 10.9. The predicted molar refractivity (Wildman–Crippen MR) is 151 cm³/mol. The quantitative estimate of drug-likeness (QED) is 0.194. The van der Waals surface area contributed by atoms with Gasteiger partial charge in [-0.3, -0.25) is 9.59 Å². The van der Waals surface area contributed by atoms with Gasteiger partial charge >= 0.3 is 6.03 Å². The normalized spacial score (nSPS) is 13.6. The molecule has 0 radical (unpaired) electrons. The van der Waals surface area contributed by atoms with E-state index in [1.54, 1.807) is 79.9 Å². The van der Waals surface area contributed by atoms with E-state index in [0.29, 0.717) is 29.1 Å². The summed E-state index contributed by atoms with van der Waals surface area (Å²) in [5.74, 6) is -0.704. The van der Waals surface area contributed by atoms with Crippen molar-refractivity contribution in [3.8, 4) is 5.75 Å². The van der Waals surface area contributed by atoms with Crippen molar-refractivity contribution >= 4 is 51.2 Å². The smallest absolute Gasteiger partial charge is 0.343 e. The minimum absolute atomic E-state index is 0.115. The SMILES string of the molecule is COc1ccc(C=C2C(=O)N(c3ccccc3)C(=O)N(c3ccccc3)C2=O)c(Cc2ccccc2Br)c1. The Bertz CT molecular complexity index is 1490. The average Bonchev–Trinajstić information content (AvgIpc) is 2.94. The van der Waals surface area contributed by atoms with Crippen LogP contribution in [0.15, 0.2) is 113 Å². The van der Waals surface area contributed by atoms with Crippen LogP contribution in [0.25, 0.3) is 6.08 Å². The van der Waals surface area contributed by atoms with Gasteiger partial charge in [0, 0.05) is 4.47 Å². The van der Waals surface area contributed by atoms with Gasteiger partial charge in [0.2, 0.25) is 0 Å².